The van der Waals surface area contributed by atoms with E-state index in [-0.39, 0.29) is 6.10 Å². The lowest BCUT2D eigenvalue weighted by atomic mass is 10.4. The molecule has 1 aromatic rings. The zero-order chi connectivity index (χ0) is 8.97. The second-order valence-corrected chi connectivity index (χ2v) is 3.58. The molecule has 0 fully saturated rings. The zero-order valence-corrected chi connectivity index (χ0v) is 8.44. The van der Waals surface area contributed by atoms with E-state index in [1.54, 1.807) is 18.4 Å². The summed E-state index contributed by atoms with van der Waals surface area (Å²) < 4.78 is 5.09. The third-order valence-corrected chi connectivity index (χ3v) is 2.48. The average molecular weight is 186 g/mol. The molecule has 1 unspecified atom stereocenters. The van der Waals surface area contributed by atoms with Crippen LogP contribution in [0.5, 0.6) is 0 Å². The fourth-order valence-electron chi connectivity index (χ4n) is 0.750. The number of thiazole rings is 1. The van der Waals surface area contributed by atoms with E-state index in [9.17, 15) is 0 Å². The van der Waals surface area contributed by atoms with Crippen molar-refractivity contribution in [2.75, 3.05) is 19.0 Å². The third-order valence-electron chi connectivity index (χ3n) is 1.56. The molecule has 0 spiro atoms. The van der Waals surface area contributed by atoms with Gasteiger partial charge in [0, 0.05) is 19.0 Å². The Morgan fingerprint density at radius 3 is 3.00 bits per heavy atom. The van der Waals surface area contributed by atoms with Crippen molar-refractivity contribution in [1.29, 1.82) is 0 Å². The normalized spacial score (nSPS) is 12.9. The molecule has 0 aliphatic rings. The lowest BCUT2D eigenvalue weighted by Gasteiger charge is -2.08. The first-order valence-electron chi connectivity index (χ1n) is 3.91. The minimum Gasteiger partial charge on any atom is -0.380 e. The molecule has 1 heterocycles. The van der Waals surface area contributed by atoms with E-state index in [0.717, 1.165) is 17.4 Å². The Labute approximate surface area is 76.8 Å². The van der Waals surface area contributed by atoms with Gasteiger partial charge in [-0.25, -0.2) is 4.98 Å². The minimum atomic E-state index is 0.231. The predicted octanol–water partition coefficient (Wildman–Crippen LogP) is 1.90. The number of anilines is 1. The van der Waals surface area contributed by atoms with Crippen LogP contribution in [0.2, 0.25) is 0 Å². The fraction of sp³-hybridized carbons (Fsp3) is 0.625. The Kier molecular flexibility index (Phi) is 3.49. The summed E-state index contributed by atoms with van der Waals surface area (Å²) in [4.78, 5) is 4.27. The van der Waals surface area contributed by atoms with Gasteiger partial charge in [-0.05, 0) is 13.8 Å². The summed E-state index contributed by atoms with van der Waals surface area (Å²) in [5, 5.41) is 6.20. The first kappa shape index (κ1) is 9.48. The van der Waals surface area contributed by atoms with Crippen molar-refractivity contribution in [2.45, 2.75) is 20.0 Å². The van der Waals surface area contributed by atoms with Crippen LogP contribution in [0.15, 0.2) is 5.38 Å². The van der Waals surface area contributed by atoms with Gasteiger partial charge in [0.05, 0.1) is 11.8 Å². The first-order chi connectivity index (χ1) is 5.72. The molecule has 4 heteroatoms. The largest absolute Gasteiger partial charge is 0.380 e. The van der Waals surface area contributed by atoms with Crippen LogP contribution >= 0.6 is 11.3 Å². The van der Waals surface area contributed by atoms with Crippen molar-refractivity contribution in [2.24, 2.45) is 0 Å². The Hall–Kier alpha value is -0.610. The van der Waals surface area contributed by atoms with Crippen LogP contribution in [0.3, 0.4) is 0 Å². The summed E-state index contributed by atoms with van der Waals surface area (Å²) in [6.45, 7) is 4.82. The van der Waals surface area contributed by atoms with Gasteiger partial charge in [0.2, 0.25) is 0 Å². The van der Waals surface area contributed by atoms with Gasteiger partial charge in [-0.3, -0.25) is 0 Å². The van der Waals surface area contributed by atoms with Crippen molar-refractivity contribution in [1.82, 2.24) is 4.98 Å². The fourth-order valence-corrected chi connectivity index (χ4v) is 1.45. The molecule has 0 saturated heterocycles. The molecule has 12 heavy (non-hydrogen) atoms. The second-order valence-electron chi connectivity index (χ2n) is 2.72. The Morgan fingerprint density at radius 2 is 2.50 bits per heavy atom. The molecular weight excluding hydrogens is 172 g/mol. The van der Waals surface area contributed by atoms with Crippen LogP contribution in [0.25, 0.3) is 0 Å². The van der Waals surface area contributed by atoms with Crippen LogP contribution in [0.1, 0.15) is 12.6 Å². The SMILES string of the molecule is COC(C)CNc1nc(C)cs1. The summed E-state index contributed by atoms with van der Waals surface area (Å²) in [6.07, 6.45) is 0.231. The van der Waals surface area contributed by atoms with Crippen molar-refractivity contribution in [3.8, 4) is 0 Å². The highest BCUT2D eigenvalue weighted by Crippen LogP contribution is 2.13. The minimum absolute atomic E-state index is 0.231. The Morgan fingerprint density at radius 1 is 1.75 bits per heavy atom. The van der Waals surface area contributed by atoms with Crippen molar-refractivity contribution in [3.05, 3.63) is 11.1 Å². The molecule has 1 N–H and O–H groups in total. The molecule has 1 atom stereocenters. The summed E-state index contributed by atoms with van der Waals surface area (Å²) in [7, 11) is 1.71. The van der Waals surface area contributed by atoms with Gasteiger partial charge in [-0.2, -0.15) is 0 Å². The van der Waals surface area contributed by atoms with Gasteiger partial charge >= 0.3 is 0 Å². The van der Waals surface area contributed by atoms with Crippen LogP contribution in [0.4, 0.5) is 5.13 Å². The molecule has 0 radical (unpaired) electrons. The number of methoxy groups -OCH3 is 1. The van der Waals surface area contributed by atoms with E-state index < -0.39 is 0 Å². The van der Waals surface area contributed by atoms with Crippen molar-refractivity contribution in [3.63, 3.8) is 0 Å². The number of ether oxygens (including phenoxy) is 1. The van der Waals surface area contributed by atoms with Crippen LogP contribution < -0.4 is 5.32 Å². The Balaban J connectivity index is 2.33. The standard InChI is InChI=1S/C8H14N2OS/c1-6-5-12-8(10-6)9-4-7(2)11-3/h5,7H,4H2,1-3H3,(H,9,10). The number of aryl methyl sites for hydroxylation is 1. The number of nitrogens with one attached hydrogen (secondary N) is 1. The number of hydrogen-bond donors (Lipinski definition) is 1. The summed E-state index contributed by atoms with van der Waals surface area (Å²) in [5.41, 5.74) is 1.06. The number of rotatable bonds is 4. The monoisotopic (exact) mass is 186 g/mol. The van der Waals surface area contributed by atoms with Crippen LogP contribution in [-0.4, -0.2) is 24.7 Å². The Bertz CT molecular complexity index is 237. The quantitative estimate of drug-likeness (QED) is 0.779. The van der Waals surface area contributed by atoms with E-state index in [1.807, 2.05) is 19.2 Å². The van der Waals surface area contributed by atoms with E-state index in [4.69, 9.17) is 4.74 Å². The highest BCUT2D eigenvalue weighted by Gasteiger charge is 2.00. The molecule has 0 bridgehead atoms. The molecule has 1 rings (SSSR count). The molecule has 68 valence electrons. The van der Waals surface area contributed by atoms with Gasteiger partial charge in [0.1, 0.15) is 0 Å². The molecule has 0 aliphatic carbocycles. The maximum Gasteiger partial charge on any atom is 0.182 e. The summed E-state index contributed by atoms with van der Waals surface area (Å²) in [6, 6.07) is 0. The van der Waals surface area contributed by atoms with E-state index in [1.165, 1.54) is 0 Å². The molecule has 3 nitrogen and oxygen atoms in total. The van der Waals surface area contributed by atoms with Gasteiger partial charge in [-0.1, -0.05) is 0 Å². The van der Waals surface area contributed by atoms with Gasteiger partial charge in [0.25, 0.3) is 0 Å². The van der Waals surface area contributed by atoms with E-state index >= 15 is 0 Å². The van der Waals surface area contributed by atoms with E-state index in [0.29, 0.717) is 0 Å². The van der Waals surface area contributed by atoms with E-state index in [2.05, 4.69) is 10.3 Å². The van der Waals surface area contributed by atoms with Crippen molar-refractivity contribution >= 4 is 16.5 Å². The lowest BCUT2D eigenvalue weighted by Crippen LogP contribution is -2.17. The van der Waals surface area contributed by atoms with Gasteiger partial charge in [-0.15, -0.1) is 11.3 Å². The summed E-state index contributed by atoms with van der Waals surface area (Å²) in [5.74, 6) is 0. The maximum absolute atomic E-state index is 5.09. The van der Waals surface area contributed by atoms with Crippen LogP contribution in [-0.2, 0) is 4.74 Å². The topological polar surface area (TPSA) is 34.1 Å². The zero-order valence-electron chi connectivity index (χ0n) is 7.63. The summed E-state index contributed by atoms with van der Waals surface area (Å²) >= 11 is 1.62. The number of aromatic nitrogens is 1. The lowest BCUT2D eigenvalue weighted by molar-refractivity contribution is 0.129. The second kappa shape index (κ2) is 4.42. The third kappa shape index (κ3) is 2.79. The molecule has 0 aromatic carbocycles. The smallest absolute Gasteiger partial charge is 0.182 e. The number of nitrogens with zero attached hydrogens (tertiary/aromatic N) is 1. The molecule has 0 aliphatic heterocycles. The highest BCUT2D eigenvalue weighted by atomic mass is 32.1. The number of hydrogen-bond acceptors (Lipinski definition) is 4. The molecular formula is C8H14N2OS. The first-order valence-corrected chi connectivity index (χ1v) is 4.79. The molecule has 0 amide bonds. The van der Waals surface area contributed by atoms with Crippen LogP contribution in [0, 0.1) is 6.92 Å². The highest BCUT2D eigenvalue weighted by molar-refractivity contribution is 7.13. The molecule has 1 aromatic heterocycles. The van der Waals surface area contributed by atoms with Gasteiger partial charge < -0.3 is 10.1 Å². The van der Waals surface area contributed by atoms with Gasteiger partial charge in [0.15, 0.2) is 5.13 Å². The maximum atomic E-state index is 5.09. The van der Waals surface area contributed by atoms with Crippen molar-refractivity contribution < 1.29 is 4.74 Å². The average Bonchev–Trinajstić information content (AvgIpc) is 2.47. The molecule has 0 saturated carbocycles. The predicted molar refractivity (Wildman–Crippen MR) is 51.8 cm³/mol.